The molecular formula is C22H20FN3O3S. The smallest absolute Gasteiger partial charge is 0.257 e. The minimum atomic E-state index is -0.439. The van der Waals surface area contributed by atoms with Crippen molar-refractivity contribution in [3.8, 4) is 0 Å². The summed E-state index contributed by atoms with van der Waals surface area (Å²) in [6.07, 6.45) is 3.17. The van der Waals surface area contributed by atoms with Gasteiger partial charge in [0.2, 0.25) is 0 Å². The first kappa shape index (κ1) is 20.2. The highest BCUT2D eigenvalue weighted by molar-refractivity contribution is 7.15. The van der Waals surface area contributed by atoms with Crippen molar-refractivity contribution in [2.75, 3.05) is 17.2 Å². The van der Waals surface area contributed by atoms with Crippen molar-refractivity contribution in [2.45, 2.75) is 25.4 Å². The summed E-state index contributed by atoms with van der Waals surface area (Å²) in [7, 11) is 0. The first-order chi connectivity index (χ1) is 14.6. The predicted octanol–water partition coefficient (Wildman–Crippen LogP) is 4.24. The fraction of sp³-hybridized carbons (Fsp3) is 0.227. The summed E-state index contributed by atoms with van der Waals surface area (Å²) in [5.41, 5.74) is 1.50. The molecule has 0 aliphatic carbocycles. The molecule has 0 spiro atoms. The van der Waals surface area contributed by atoms with Crippen LogP contribution in [0.15, 0.2) is 54.7 Å². The molecule has 2 amide bonds. The van der Waals surface area contributed by atoms with Crippen LogP contribution < -0.4 is 10.6 Å². The SMILES string of the molecule is O=C(Nc1ncc(Cc2ccccc2F)s1)c1cccc(NC(=O)C2CCCO2)c1. The number of halogens is 1. The van der Waals surface area contributed by atoms with Crippen molar-refractivity contribution in [2.24, 2.45) is 0 Å². The van der Waals surface area contributed by atoms with Gasteiger partial charge in [-0.05, 0) is 42.7 Å². The van der Waals surface area contributed by atoms with Crippen LogP contribution in [0.4, 0.5) is 15.2 Å². The number of nitrogens with one attached hydrogen (secondary N) is 2. The maximum atomic E-state index is 13.8. The molecule has 8 heteroatoms. The summed E-state index contributed by atoms with van der Waals surface area (Å²) >= 11 is 1.30. The van der Waals surface area contributed by atoms with Crippen molar-refractivity contribution in [1.82, 2.24) is 4.98 Å². The van der Waals surface area contributed by atoms with Crippen LogP contribution in [-0.4, -0.2) is 29.5 Å². The van der Waals surface area contributed by atoms with E-state index in [1.165, 1.54) is 17.4 Å². The summed E-state index contributed by atoms with van der Waals surface area (Å²) in [6.45, 7) is 0.591. The lowest BCUT2D eigenvalue weighted by atomic mass is 10.1. The van der Waals surface area contributed by atoms with Gasteiger partial charge < -0.3 is 10.1 Å². The average Bonchev–Trinajstić information content (AvgIpc) is 3.42. The van der Waals surface area contributed by atoms with Crippen LogP contribution in [0.1, 0.15) is 33.6 Å². The average molecular weight is 425 g/mol. The topological polar surface area (TPSA) is 80.3 Å². The number of nitrogens with zero attached hydrogens (tertiary/aromatic N) is 1. The number of carbonyl (C=O) groups is 2. The second-order valence-corrected chi connectivity index (χ2v) is 8.04. The Morgan fingerprint density at radius 3 is 2.83 bits per heavy atom. The van der Waals surface area contributed by atoms with E-state index in [9.17, 15) is 14.0 Å². The first-order valence-electron chi connectivity index (χ1n) is 9.60. The van der Waals surface area contributed by atoms with E-state index in [-0.39, 0.29) is 17.6 Å². The van der Waals surface area contributed by atoms with Gasteiger partial charge in [-0.2, -0.15) is 0 Å². The van der Waals surface area contributed by atoms with Gasteiger partial charge in [-0.3, -0.25) is 14.9 Å². The minimum absolute atomic E-state index is 0.206. The van der Waals surface area contributed by atoms with E-state index in [2.05, 4.69) is 15.6 Å². The Morgan fingerprint density at radius 1 is 1.17 bits per heavy atom. The third-order valence-electron chi connectivity index (χ3n) is 4.71. The summed E-state index contributed by atoms with van der Waals surface area (Å²) in [5, 5.41) is 5.97. The molecule has 1 fully saturated rings. The quantitative estimate of drug-likeness (QED) is 0.619. The molecule has 2 heterocycles. The molecule has 6 nitrogen and oxygen atoms in total. The number of carbonyl (C=O) groups excluding carboxylic acids is 2. The van der Waals surface area contributed by atoms with E-state index >= 15 is 0 Å². The van der Waals surface area contributed by atoms with Crippen LogP contribution in [0, 0.1) is 5.82 Å². The van der Waals surface area contributed by atoms with E-state index in [0.717, 1.165) is 11.3 Å². The van der Waals surface area contributed by atoms with Gasteiger partial charge in [0.05, 0.1) is 0 Å². The number of hydrogen-bond donors (Lipinski definition) is 2. The summed E-state index contributed by atoms with van der Waals surface area (Å²) in [5.74, 6) is -0.809. The van der Waals surface area contributed by atoms with E-state index < -0.39 is 6.10 Å². The van der Waals surface area contributed by atoms with Crippen molar-refractivity contribution >= 4 is 34.0 Å². The first-order valence-corrected chi connectivity index (χ1v) is 10.4. The molecule has 1 unspecified atom stereocenters. The second kappa shape index (κ2) is 9.15. The van der Waals surface area contributed by atoms with Gasteiger partial charge in [0.1, 0.15) is 11.9 Å². The summed E-state index contributed by atoms with van der Waals surface area (Å²) in [6, 6.07) is 13.3. The van der Waals surface area contributed by atoms with E-state index in [1.54, 1.807) is 48.7 Å². The normalized spacial score (nSPS) is 15.7. The number of benzene rings is 2. The van der Waals surface area contributed by atoms with Crippen molar-refractivity contribution in [1.29, 1.82) is 0 Å². The summed E-state index contributed by atoms with van der Waals surface area (Å²) < 4.78 is 19.2. The molecule has 1 aromatic heterocycles. The largest absolute Gasteiger partial charge is 0.368 e. The number of aromatic nitrogens is 1. The van der Waals surface area contributed by atoms with Gasteiger partial charge in [-0.1, -0.05) is 24.3 Å². The predicted molar refractivity (Wildman–Crippen MR) is 113 cm³/mol. The lowest BCUT2D eigenvalue weighted by molar-refractivity contribution is -0.124. The molecule has 1 atom stereocenters. The Balaban J connectivity index is 1.39. The molecule has 1 aliphatic heterocycles. The molecule has 0 bridgehead atoms. The van der Waals surface area contributed by atoms with Crippen LogP contribution in [0.3, 0.4) is 0 Å². The second-order valence-electron chi connectivity index (χ2n) is 6.93. The van der Waals surface area contributed by atoms with Gasteiger partial charge in [0, 0.05) is 35.4 Å². The number of ether oxygens (including phenoxy) is 1. The van der Waals surface area contributed by atoms with Crippen molar-refractivity contribution in [3.05, 3.63) is 76.5 Å². The maximum Gasteiger partial charge on any atom is 0.257 e. The Bertz CT molecular complexity index is 1060. The maximum absolute atomic E-state index is 13.8. The lowest BCUT2D eigenvalue weighted by Crippen LogP contribution is -2.27. The van der Waals surface area contributed by atoms with Crippen LogP contribution >= 0.6 is 11.3 Å². The number of anilines is 2. The molecule has 1 aliphatic rings. The van der Waals surface area contributed by atoms with Gasteiger partial charge in [0.25, 0.3) is 11.8 Å². The molecule has 2 N–H and O–H groups in total. The number of hydrogen-bond acceptors (Lipinski definition) is 5. The molecule has 30 heavy (non-hydrogen) atoms. The molecule has 0 saturated carbocycles. The standard InChI is InChI=1S/C22H20FN3O3S/c23-18-8-2-1-5-14(18)12-17-13-24-22(30-17)26-20(27)15-6-3-7-16(11-15)25-21(28)19-9-4-10-29-19/h1-3,5-8,11,13,19H,4,9-10,12H2,(H,25,28)(H,24,26,27). The molecule has 3 aromatic rings. The molecule has 1 saturated heterocycles. The third kappa shape index (κ3) is 4.90. The van der Waals surface area contributed by atoms with Crippen molar-refractivity contribution in [3.63, 3.8) is 0 Å². The monoisotopic (exact) mass is 425 g/mol. The zero-order valence-corrected chi connectivity index (χ0v) is 16.9. The van der Waals surface area contributed by atoms with Gasteiger partial charge in [-0.15, -0.1) is 11.3 Å². The Hall–Kier alpha value is -3.10. The highest BCUT2D eigenvalue weighted by Crippen LogP contribution is 2.23. The Kier molecular flexibility index (Phi) is 6.15. The summed E-state index contributed by atoms with van der Waals surface area (Å²) in [4.78, 5) is 29.8. The highest BCUT2D eigenvalue weighted by Gasteiger charge is 2.23. The van der Waals surface area contributed by atoms with E-state index in [1.807, 2.05) is 0 Å². The van der Waals surface area contributed by atoms with Gasteiger partial charge >= 0.3 is 0 Å². The van der Waals surface area contributed by atoms with Gasteiger partial charge in [0.15, 0.2) is 5.13 Å². The zero-order chi connectivity index (χ0) is 20.9. The van der Waals surface area contributed by atoms with E-state index in [4.69, 9.17) is 4.74 Å². The van der Waals surface area contributed by atoms with E-state index in [0.29, 0.717) is 41.4 Å². The molecule has 4 rings (SSSR count). The number of amides is 2. The minimum Gasteiger partial charge on any atom is -0.368 e. The zero-order valence-electron chi connectivity index (χ0n) is 16.1. The van der Waals surface area contributed by atoms with Gasteiger partial charge in [-0.25, -0.2) is 9.37 Å². The number of rotatable bonds is 6. The van der Waals surface area contributed by atoms with Crippen LogP contribution in [0.25, 0.3) is 0 Å². The fourth-order valence-corrected chi connectivity index (χ4v) is 4.02. The number of thiazole rings is 1. The van der Waals surface area contributed by atoms with Crippen LogP contribution in [-0.2, 0) is 16.0 Å². The Labute approximate surface area is 177 Å². The Morgan fingerprint density at radius 2 is 2.03 bits per heavy atom. The molecule has 154 valence electrons. The lowest BCUT2D eigenvalue weighted by Gasteiger charge is -2.11. The van der Waals surface area contributed by atoms with Crippen LogP contribution in [0.5, 0.6) is 0 Å². The van der Waals surface area contributed by atoms with Crippen molar-refractivity contribution < 1.29 is 18.7 Å². The molecule has 2 aromatic carbocycles. The molecular weight excluding hydrogens is 405 g/mol. The molecule has 0 radical (unpaired) electrons. The van der Waals surface area contributed by atoms with Crippen LogP contribution in [0.2, 0.25) is 0 Å². The highest BCUT2D eigenvalue weighted by atomic mass is 32.1. The third-order valence-corrected chi connectivity index (χ3v) is 5.62. The fourth-order valence-electron chi connectivity index (χ4n) is 3.19.